The maximum Gasteiger partial charge on any atom is 0.305 e. The molecule has 1 N–H and O–H groups in total. The van der Waals surface area contributed by atoms with Crippen LogP contribution in [0.5, 0.6) is 0 Å². The molecule has 0 aromatic rings. The van der Waals surface area contributed by atoms with Crippen molar-refractivity contribution in [2.24, 2.45) is 0 Å². The third-order valence-electron chi connectivity index (χ3n) is 2.59. The number of carbonyl (C=O) groups is 1. The quantitative estimate of drug-likeness (QED) is 0.564. The van der Waals surface area contributed by atoms with Gasteiger partial charge in [0.25, 0.3) is 0 Å². The molecule has 0 radical (unpaired) electrons. The van der Waals surface area contributed by atoms with Crippen molar-refractivity contribution in [3.8, 4) is 0 Å². The highest BCUT2D eigenvalue weighted by Crippen LogP contribution is 2.39. The van der Waals surface area contributed by atoms with Crippen molar-refractivity contribution < 1.29 is 14.6 Å². The lowest BCUT2D eigenvalue weighted by Gasteiger charge is -2.20. The van der Waals surface area contributed by atoms with Gasteiger partial charge in [0.15, 0.2) is 0 Å². The predicted octanol–water partition coefficient (Wildman–Crippen LogP) is 2.33. The minimum atomic E-state index is -0.505. The number of hydrogen-bond donors (Lipinski definition) is 1. The monoisotopic (exact) mass is 232 g/mol. The number of thioether (sulfide) groups is 1. The summed E-state index contributed by atoms with van der Waals surface area (Å²) in [6.07, 6.45) is 5.02. The molecule has 3 nitrogen and oxygen atoms in total. The average molecular weight is 232 g/mol. The van der Waals surface area contributed by atoms with Crippen LogP contribution in [0.1, 0.15) is 45.4 Å². The second kappa shape index (κ2) is 6.38. The zero-order valence-corrected chi connectivity index (χ0v) is 10.1. The number of carbonyl (C=O) groups excluding carboxylic acids is 1. The minimum Gasteiger partial charge on any atom is -0.466 e. The summed E-state index contributed by atoms with van der Waals surface area (Å²) in [7, 11) is 0. The van der Waals surface area contributed by atoms with Crippen LogP contribution in [0, 0.1) is 0 Å². The number of ether oxygens (including phenoxy) is 1. The first-order chi connectivity index (χ1) is 7.16. The summed E-state index contributed by atoms with van der Waals surface area (Å²) in [5.41, 5.74) is 0. The Morgan fingerprint density at radius 3 is 2.93 bits per heavy atom. The largest absolute Gasteiger partial charge is 0.466 e. The van der Waals surface area contributed by atoms with Crippen molar-refractivity contribution >= 4 is 17.7 Å². The molecule has 0 aliphatic carbocycles. The molecule has 1 saturated heterocycles. The molecule has 0 bridgehead atoms. The van der Waals surface area contributed by atoms with Crippen LogP contribution in [0.2, 0.25) is 0 Å². The van der Waals surface area contributed by atoms with E-state index in [9.17, 15) is 9.90 Å². The van der Waals surface area contributed by atoms with Crippen LogP contribution in [-0.2, 0) is 9.53 Å². The molecule has 0 spiro atoms. The summed E-state index contributed by atoms with van der Waals surface area (Å²) < 4.78 is 4.83. The Morgan fingerprint density at radius 1 is 1.53 bits per heavy atom. The number of unbranched alkanes of at least 4 members (excludes halogenated alkanes) is 1. The smallest absolute Gasteiger partial charge is 0.305 e. The van der Waals surface area contributed by atoms with Crippen LogP contribution in [0.3, 0.4) is 0 Å². The molecule has 0 amide bonds. The second-order valence-corrected chi connectivity index (χ2v) is 5.37. The van der Waals surface area contributed by atoms with Gasteiger partial charge < -0.3 is 9.84 Å². The van der Waals surface area contributed by atoms with E-state index in [1.54, 1.807) is 11.8 Å². The normalized spacial score (nSPS) is 25.5. The molecule has 4 heteroatoms. The van der Waals surface area contributed by atoms with Gasteiger partial charge >= 0.3 is 5.97 Å². The topological polar surface area (TPSA) is 46.5 Å². The minimum absolute atomic E-state index is 0.122. The second-order valence-electron chi connectivity index (χ2n) is 3.91. The van der Waals surface area contributed by atoms with E-state index in [0.717, 1.165) is 37.9 Å². The van der Waals surface area contributed by atoms with E-state index in [-0.39, 0.29) is 5.97 Å². The fraction of sp³-hybridized carbons (Fsp3) is 0.909. The highest BCUT2D eigenvalue weighted by molar-refractivity contribution is 8.00. The molecule has 1 rings (SSSR count). The van der Waals surface area contributed by atoms with E-state index in [1.807, 2.05) is 6.92 Å². The summed E-state index contributed by atoms with van der Waals surface area (Å²) in [5, 5.41) is 10.0. The first-order valence-corrected chi connectivity index (χ1v) is 6.67. The summed E-state index contributed by atoms with van der Waals surface area (Å²) in [5.74, 6) is 0.942. The molecule has 88 valence electrons. The van der Waals surface area contributed by atoms with Gasteiger partial charge in [-0.3, -0.25) is 4.79 Å². The molecule has 15 heavy (non-hydrogen) atoms. The van der Waals surface area contributed by atoms with Gasteiger partial charge in [0.05, 0.1) is 6.61 Å². The van der Waals surface area contributed by atoms with Crippen molar-refractivity contribution in [2.45, 2.75) is 50.4 Å². The number of aliphatic hydroxyl groups is 1. The summed E-state index contributed by atoms with van der Waals surface area (Å²) in [6, 6.07) is 0. The lowest BCUT2D eigenvalue weighted by molar-refractivity contribution is -0.143. The Kier molecular flexibility index (Phi) is 5.47. The van der Waals surface area contributed by atoms with Crippen LogP contribution in [-0.4, -0.2) is 28.4 Å². The van der Waals surface area contributed by atoms with E-state index in [4.69, 9.17) is 4.74 Å². The first kappa shape index (κ1) is 12.8. The molecular weight excluding hydrogens is 212 g/mol. The van der Waals surface area contributed by atoms with Crippen LogP contribution in [0.4, 0.5) is 0 Å². The Hall–Kier alpha value is -0.220. The van der Waals surface area contributed by atoms with E-state index < -0.39 is 4.93 Å². The van der Waals surface area contributed by atoms with Crippen molar-refractivity contribution in [3.63, 3.8) is 0 Å². The van der Waals surface area contributed by atoms with Gasteiger partial charge in [-0.05, 0) is 44.8 Å². The molecule has 0 aromatic carbocycles. The Bertz CT molecular complexity index is 200. The SMILES string of the molecule is CCOC(=O)CCCCC1(O)CCCS1. The maximum absolute atomic E-state index is 11.0. The predicted molar refractivity (Wildman–Crippen MR) is 61.7 cm³/mol. The Labute approximate surface area is 95.6 Å². The van der Waals surface area contributed by atoms with Gasteiger partial charge in [-0.25, -0.2) is 0 Å². The van der Waals surface area contributed by atoms with Gasteiger partial charge in [-0.15, -0.1) is 11.8 Å². The van der Waals surface area contributed by atoms with Crippen LogP contribution < -0.4 is 0 Å². The molecule has 0 aromatic heterocycles. The third kappa shape index (κ3) is 4.89. The zero-order chi connectivity index (χ0) is 11.1. The molecule has 1 heterocycles. The van der Waals surface area contributed by atoms with Crippen molar-refractivity contribution in [3.05, 3.63) is 0 Å². The lowest BCUT2D eigenvalue weighted by Crippen LogP contribution is -2.19. The van der Waals surface area contributed by atoms with Crippen LogP contribution >= 0.6 is 11.8 Å². The maximum atomic E-state index is 11.0. The Balaban J connectivity index is 2.03. The summed E-state index contributed by atoms with van der Waals surface area (Å²) in [6.45, 7) is 2.27. The Morgan fingerprint density at radius 2 is 2.33 bits per heavy atom. The lowest BCUT2D eigenvalue weighted by atomic mass is 10.1. The van der Waals surface area contributed by atoms with Crippen LogP contribution in [0.15, 0.2) is 0 Å². The summed E-state index contributed by atoms with van der Waals surface area (Å²) in [4.78, 5) is 10.5. The van der Waals surface area contributed by atoms with Crippen LogP contribution in [0.25, 0.3) is 0 Å². The van der Waals surface area contributed by atoms with E-state index >= 15 is 0 Å². The third-order valence-corrected chi connectivity index (χ3v) is 4.02. The first-order valence-electron chi connectivity index (χ1n) is 5.68. The van der Waals surface area contributed by atoms with E-state index in [1.165, 1.54) is 0 Å². The molecular formula is C11H20O3S. The highest BCUT2D eigenvalue weighted by atomic mass is 32.2. The molecule has 1 aliphatic heterocycles. The highest BCUT2D eigenvalue weighted by Gasteiger charge is 2.30. The molecule has 1 unspecified atom stereocenters. The molecule has 1 fully saturated rings. The summed E-state index contributed by atoms with van der Waals surface area (Å²) >= 11 is 1.65. The fourth-order valence-electron chi connectivity index (χ4n) is 1.78. The van der Waals surface area contributed by atoms with Crippen molar-refractivity contribution in [1.82, 2.24) is 0 Å². The average Bonchev–Trinajstić information content (AvgIpc) is 2.61. The molecule has 1 aliphatic rings. The van der Waals surface area contributed by atoms with Crippen molar-refractivity contribution in [2.75, 3.05) is 12.4 Å². The number of hydrogen-bond acceptors (Lipinski definition) is 4. The standard InChI is InChI=1S/C11H20O3S/c1-2-14-10(12)6-3-4-7-11(13)8-5-9-15-11/h13H,2-9H2,1H3. The van der Waals surface area contributed by atoms with Crippen molar-refractivity contribution in [1.29, 1.82) is 0 Å². The van der Waals surface area contributed by atoms with E-state index in [2.05, 4.69) is 0 Å². The van der Waals surface area contributed by atoms with Gasteiger partial charge in [0.1, 0.15) is 4.93 Å². The van der Waals surface area contributed by atoms with Gasteiger partial charge in [0, 0.05) is 6.42 Å². The van der Waals surface area contributed by atoms with Gasteiger partial charge in [-0.2, -0.15) is 0 Å². The van der Waals surface area contributed by atoms with E-state index in [0.29, 0.717) is 13.0 Å². The molecule has 0 saturated carbocycles. The number of esters is 1. The molecule has 1 atom stereocenters. The van der Waals surface area contributed by atoms with Gasteiger partial charge in [-0.1, -0.05) is 0 Å². The number of rotatable bonds is 6. The fourth-order valence-corrected chi connectivity index (χ4v) is 3.03. The zero-order valence-electron chi connectivity index (χ0n) is 9.33. The van der Waals surface area contributed by atoms with Gasteiger partial charge in [0.2, 0.25) is 0 Å².